The number of hydrogen-bond donors (Lipinski definition) is 2. The summed E-state index contributed by atoms with van der Waals surface area (Å²) in [6, 6.07) is 7.55. The predicted molar refractivity (Wildman–Crippen MR) is 81.6 cm³/mol. The number of carbonyl (C=O) groups excluding carboxylic acids is 2. The van der Waals surface area contributed by atoms with Gasteiger partial charge in [0.2, 0.25) is 0 Å². The van der Waals surface area contributed by atoms with Gasteiger partial charge >= 0.3 is 11.8 Å². The minimum Gasteiger partial charge on any atom is -0.348 e. The zero-order valence-corrected chi connectivity index (χ0v) is 12.9. The molecule has 0 unspecified atom stereocenters. The fourth-order valence-electron chi connectivity index (χ4n) is 1.62. The lowest BCUT2D eigenvalue weighted by molar-refractivity contribution is -0.136. The van der Waals surface area contributed by atoms with E-state index in [0.29, 0.717) is 18.2 Å². The molecule has 0 radical (unpaired) electrons. The van der Waals surface area contributed by atoms with E-state index < -0.39 is 11.8 Å². The van der Waals surface area contributed by atoms with E-state index in [-0.39, 0.29) is 5.41 Å². The van der Waals surface area contributed by atoms with E-state index in [1.807, 2.05) is 38.1 Å². The highest BCUT2D eigenvalue weighted by molar-refractivity contribution is 6.39. The highest BCUT2D eigenvalue weighted by Crippen LogP contribution is 2.23. The van der Waals surface area contributed by atoms with Gasteiger partial charge < -0.3 is 10.6 Å². The van der Waals surface area contributed by atoms with Crippen molar-refractivity contribution in [3.05, 3.63) is 29.8 Å². The Morgan fingerprint density at radius 2 is 1.60 bits per heavy atom. The van der Waals surface area contributed by atoms with Crippen LogP contribution in [0, 0.1) is 5.92 Å². The van der Waals surface area contributed by atoms with Gasteiger partial charge in [0.1, 0.15) is 0 Å². The Balaban J connectivity index is 2.60. The van der Waals surface area contributed by atoms with Crippen LogP contribution in [0.4, 0.5) is 5.69 Å². The molecule has 0 saturated carbocycles. The van der Waals surface area contributed by atoms with E-state index in [4.69, 9.17) is 0 Å². The molecule has 1 aromatic rings. The fourth-order valence-corrected chi connectivity index (χ4v) is 1.62. The SMILES string of the molecule is CC(C)CNC(=O)C(=O)Nc1ccc(C(C)(C)C)cc1. The molecule has 0 saturated heterocycles. The van der Waals surface area contributed by atoms with E-state index in [1.165, 1.54) is 5.56 Å². The molecular formula is C16H24N2O2. The lowest BCUT2D eigenvalue weighted by atomic mass is 9.87. The first-order valence-corrected chi connectivity index (χ1v) is 6.90. The standard InChI is InChI=1S/C16H24N2O2/c1-11(2)10-17-14(19)15(20)18-13-8-6-12(7-9-13)16(3,4)5/h6-9,11H,10H2,1-5H3,(H,17,19)(H,18,20). The van der Waals surface area contributed by atoms with Crippen molar-refractivity contribution in [2.75, 3.05) is 11.9 Å². The van der Waals surface area contributed by atoms with Crippen LogP contribution in [0.25, 0.3) is 0 Å². The van der Waals surface area contributed by atoms with Crippen LogP contribution in [-0.4, -0.2) is 18.4 Å². The van der Waals surface area contributed by atoms with Gasteiger partial charge in [-0.15, -0.1) is 0 Å². The molecule has 2 N–H and O–H groups in total. The molecule has 0 aliphatic heterocycles. The second-order valence-electron chi connectivity index (χ2n) is 6.39. The maximum atomic E-state index is 11.7. The van der Waals surface area contributed by atoms with Crippen LogP contribution in [0.5, 0.6) is 0 Å². The van der Waals surface area contributed by atoms with Crippen molar-refractivity contribution in [2.45, 2.75) is 40.0 Å². The molecule has 1 rings (SSSR count). The zero-order chi connectivity index (χ0) is 15.3. The van der Waals surface area contributed by atoms with Crippen molar-refractivity contribution < 1.29 is 9.59 Å². The van der Waals surface area contributed by atoms with Crippen LogP contribution in [0.1, 0.15) is 40.2 Å². The monoisotopic (exact) mass is 276 g/mol. The van der Waals surface area contributed by atoms with Gasteiger partial charge in [-0.05, 0) is 29.0 Å². The van der Waals surface area contributed by atoms with Gasteiger partial charge in [0.05, 0.1) is 0 Å². The van der Waals surface area contributed by atoms with Crippen LogP contribution < -0.4 is 10.6 Å². The Morgan fingerprint density at radius 3 is 2.05 bits per heavy atom. The summed E-state index contributed by atoms with van der Waals surface area (Å²) < 4.78 is 0. The Labute approximate surface area is 121 Å². The maximum Gasteiger partial charge on any atom is 0.313 e. The summed E-state index contributed by atoms with van der Waals surface area (Å²) in [5.41, 5.74) is 1.87. The minimum absolute atomic E-state index is 0.0666. The maximum absolute atomic E-state index is 11.7. The summed E-state index contributed by atoms with van der Waals surface area (Å²) in [5, 5.41) is 5.18. The summed E-state index contributed by atoms with van der Waals surface area (Å²) in [6.45, 7) is 10.8. The molecule has 0 heterocycles. The molecule has 0 spiro atoms. The van der Waals surface area contributed by atoms with Crippen molar-refractivity contribution in [3.63, 3.8) is 0 Å². The van der Waals surface area contributed by atoms with Crippen molar-refractivity contribution in [3.8, 4) is 0 Å². The second kappa shape index (κ2) is 6.55. The van der Waals surface area contributed by atoms with Crippen LogP contribution in [-0.2, 0) is 15.0 Å². The second-order valence-corrected chi connectivity index (χ2v) is 6.39. The first-order valence-electron chi connectivity index (χ1n) is 6.90. The molecule has 110 valence electrons. The van der Waals surface area contributed by atoms with Gasteiger partial charge in [-0.25, -0.2) is 0 Å². The van der Waals surface area contributed by atoms with Crippen molar-refractivity contribution >= 4 is 17.5 Å². The topological polar surface area (TPSA) is 58.2 Å². The number of benzene rings is 1. The zero-order valence-electron chi connectivity index (χ0n) is 12.9. The molecule has 0 aliphatic rings. The first-order chi connectivity index (χ1) is 9.20. The van der Waals surface area contributed by atoms with Gasteiger partial charge in [-0.3, -0.25) is 9.59 Å². The summed E-state index contributed by atoms with van der Waals surface area (Å²) in [4.78, 5) is 23.2. The Kier molecular flexibility index (Phi) is 5.31. The number of amides is 2. The largest absolute Gasteiger partial charge is 0.348 e. The molecule has 0 bridgehead atoms. The summed E-state index contributed by atoms with van der Waals surface area (Å²) in [5.74, 6) is -0.912. The molecule has 1 aromatic carbocycles. The van der Waals surface area contributed by atoms with Gasteiger partial charge in [0, 0.05) is 12.2 Å². The highest BCUT2D eigenvalue weighted by atomic mass is 16.2. The fraction of sp³-hybridized carbons (Fsp3) is 0.500. The van der Waals surface area contributed by atoms with Crippen molar-refractivity contribution in [2.24, 2.45) is 5.92 Å². The molecule has 0 aromatic heterocycles. The Hall–Kier alpha value is -1.84. The average molecular weight is 276 g/mol. The molecule has 0 fully saturated rings. The number of anilines is 1. The summed E-state index contributed by atoms with van der Waals surface area (Å²) >= 11 is 0. The van der Waals surface area contributed by atoms with Gasteiger partial charge in [0.15, 0.2) is 0 Å². The summed E-state index contributed by atoms with van der Waals surface area (Å²) in [7, 11) is 0. The molecule has 0 aliphatic carbocycles. The lowest BCUT2D eigenvalue weighted by Gasteiger charge is -2.19. The van der Waals surface area contributed by atoms with E-state index >= 15 is 0 Å². The third-order valence-corrected chi connectivity index (χ3v) is 2.89. The van der Waals surface area contributed by atoms with Gasteiger partial charge in [-0.1, -0.05) is 46.8 Å². The molecular weight excluding hydrogens is 252 g/mol. The van der Waals surface area contributed by atoms with Crippen LogP contribution >= 0.6 is 0 Å². The normalized spacial score (nSPS) is 11.3. The average Bonchev–Trinajstić information content (AvgIpc) is 2.35. The van der Waals surface area contributed by atoms with Gasteiger partial charge in [0.25, 0.3) is 0 Å². The first kappa shape index (κ1) is 16.2. The minimum atomic E-state index is -0.630. The third kappa shape index (κ3) is 5.03. The third-order valence-electron chi connectivity index (χ3n) is 2.89. The Morgan fingerprint density at radius 1 is 1.05 bits per heavy atom. The lowest BCUT2D eigenvalue weighted by Crippen LogP contribution is -2.37. The highest BCUT2D eigenvalue weighted by Gasteiger charge is 2.15. The quantitative estimate of drug-likeness (QED) is 0.834. The number of nitrogens with one attached hydrogen (secondary N) is 2. The molecule has 0 atom stereocenters. The molecule has 2 amide bonds. The number of hydrogen-bond acceptors (Lipinski definition) is 2. The van der Waals surface area contributed by atoms with Crippen LogP contribution in [0.15, 0.2) is 24.3 Å². The van der Waals surface area contributed by atoms with Crippen LogP contribution in [0.3, 0.4) is 0 Å². The van der Waals surface area contributed by atoms with Gasteiger partial charge in [-0.2, -0.15) is 0 Å². The van der Waals surface area contributed by atoms with Crippen molar-refractivity contribution in [1.82, 2.24) is 5.32 Å². The predicted octanol–water partition coefficient (Wildman–Crippen LogP) is 2.69. The van der Waals surface area contributed by atoms with E-state index in [9.17, 15) is 9.59 Å². The smallest absolute Gasteiger partial charge is 0.313 e. The van der Waals surface area contributed by atoms with E-state index in [1.54, 1.807) is 0 Å². The van der Waals surface area contributed by atoms with Crippen LogP contribution in [0.2, 0.25) is 0 Å². The molecule has 4 nitrogen and oxygen atoms in total. The van der Waals surface area contributed by atoms with E-state index in [0.717, 1.165) is 0 Å². The molecule has 4 heteroatoms. The summed E-state index contributed by atoms with van der Waals surface area (Å²) in [6.07, 6.45) is 0. The van der Waals surface area contributed by atoms with E-state index in [2.05, 4.69) is 31.4 Å². The Bertz CT molecular complexity index is 470. The molecule has 20 heavy (non-hydrogen) atoms. The van der Waals surface area contributed by atoms with Crippen molar-refractivity contribution in [1.29, 1.82) is 0 Å². The number of rotatable bonds is 3. The number of carbonyl (C=O) groups is 2.